The zero-order valence-electron chi connectivity index (χ0n) is 11.2. The first-order chi connectivity index (χ1) is 8.61. The van der Waals surface area contributed by atoms with Gasteiger partial charge in [0.1, 0.15) is 5.75 Å². The predicted octanol–water partition coefficient (Wildman–Crippen LogP) is 3.66. The Hall–Kier alpha value is -1.55. The lowest BCUT2D eigenvalue weighted by Gasteiger charge is -2.24. The van der Waals surface area contributed by atoms with Crippen LogP contribution in [0.5, 0.6) is 5.75 Å². The lowest BCUT2D eigenvalue weighted by Crippen LogP contribution is -2.21. The molecule has 0 amide bonds. The summed E-state index contributed by atoms with van der Waals surface area (Å²) in [6.45, 7) is 4.26. The molecule has 0 aliphatic heterocycles. The van der Waals surface area contributed by atoms with Crippen LogP contribution in [-0.4, -0.2) is 19.1 Å². The fraction of sp³-hybridized carbons (Fsp3) is 0.357. The van der Waals surface area contributed by atoms with Crippen LogP contribution in [0.4, 0.5) is 5.13 Å². The Morgan fingerprint density at radius 2 is 1.94 bits per heavy atom. The van der Waals surface area contributed by atoms with E-state index in [2.05, 4.69) is 42.9 Å². The van der Waals surface area contributed by atoms with Crippen molar-refractivity contribution in [3.05, 3.63) is 40.9 Å². The fourth-order valence-electron chi connectivity index (χ4n) is 1.78. The van der Waals surface area contributed by atoms with Gasteiger partial charge in [0.25, 0.3) is 0 Å². The van der Waals surface area contributed by atoms with Gasteiger partial charge >= 0.3 is 0 Å². The standard InChI is InChI=1S/C14H18N2OS/c1-10-9-15-14(18-10)16(3)11(2)12-5-7-13(17-4)8-6-12/h5-9,11H,1-4H3. The molecule has 3 nitrogen and oxygen atoms in total. The highest BCUT2D eigenvalue weighted by atomic mass is 32.1. The Morgan fingerprint density at radius 1 is 1.28 bits per heavy atom. The Bertz CT molecular complexity index is 507. The quantitative estimate of drug-likeness (QED) is 0.841. The molecule has 18 heavy (non-hydrogen) atoms. The van der Waals surface area contributed by atoms with E-state index in [1.54, 1.807) is 18.4 Å². The third kappa shape index (κ3) is 2.64. The van der Waals surface area contributed by atoms with E-state index in [-0.39, 0.29) is 0 Å². The lowest BCUT2D eigenvalue weighted by molar-refractivity contribution is 0.414. The summed E-state index contributed by atoms with van der Waals surface area (Å²) in [4.78, 5) is 7.84. The highest BCUT2D eigenvalue weighted by Gasteiger charge is 2.14. The van der Waals surface area contributed by atoms with E-state index in [1.165, 1.54) is 10.4 Å². The normalized spacial score (nSPS) is 12.2. The zero-order chi connectivity index (χ0) is 13.1. The molecule has 0 bridgehead atoms. The van der Waals surface area contributed by atoms with E-state index in [0.29, 0.717) is 6.04 Å². The average molecular weight is 262 g/mol. The molecule has 2 aromatic rings. The third-order valence-electron chi connectivity index (χ3n) is 3.09. The van der Waals surface area contributed by atoms with Gasteiger partial charge in [0, 0.05) is 18.1 Å². The minimum Gasteiger partial charge on any atom is -0.497 e. The summed E-state index contributed by atoms with van der Waals surface area (Å²) in [5.41, 5.74) is 1.26. The average Bonchev–Trinajstić information content (AvgIpc) is 2.84. The van der Waals surface area contributed by atoms with Gasteiger partial charge in [-0.15, -0.1) is 11.3 Å². The molecule has 0 saturated heterocycles. The van der Waals surface area contributed by atoms with Crippen molar-refractivity contribution in [1.82, 2.24) is 4.98 Å². The first kappa shape index (κ1) is 12.9. The number of benzene rings is 1. The van der Waals surface area contributed by atoms with E-state index in [9.17, 15) is 0 Å². The molecule has 2 rings (SSSR count). The highest BCUT2D eigenvalue weighted by Crippen LogP contribution is 2.29. The van der Waals surface area contributed by atoms with Gasteiger partial charge in [0.15, 0.2) is 5.13 Å². The molecule has 1 aromatic carbocycles. The van der Waals surface area contributed by atoms with Gasteiger partial charge in [-0.25, -0.2) is 4.98 Å². The molecule has 0 saturated carbocycles. The van der Waals surface area contributed by atoms with Crippen molar-refractivity contribution in [2.75, 3.05) is 19.1 Å². The van der Waals surface area contributed by atoms with Crippen LogP contribution >= 0.6 is 11.3 Å². The summed E-state index contributed by atoms with van der Waals surface area (Å²) in [6.07, 6.45) is 1.91. The van der Waals surface area contributed by atoms with Crippen LogP contribution in [0.1, 0.15) is 23.4 Å². The number of thiazole rings is 1. The van der Waals surface area contributed by atoms with Crippen LogP contribution in [0.3, 0.4) is 0 Å². The maximum atomic E-state index is 5.17. The second-order valence-corrected chi connectivity index (χ2v) is 5.53. The molecule has 0 spiro atoms. The maximum Gasteiger partial charge on any atom is 0.185 e. The maximum absolute atomic E-state index is 5.17. The number of hydrogen-bond acceptors (Lipinski definition) is 4. The van der Waals surface area contributed by atoms with Gasteiger partial charge in [-0.05, 0) is 31.5 Å². The fourth-order valence-corrected chi connectivity index (χ4v) is 2.58. The number of anilines is 1. The van der Waals surface area contributed by atoms with E-state index < -0.39 is 0 Å². The molecule has 1 unspecified atom stereocenters. The number of methoxy groups -OCH3 is 1. The van der Waals surface area contributed by atoms with Crippen LogP contribution in [-0.2, 0) is 0 Å². The summed E-state index contributed by atoms with van der Waals surface area (Å²) >= 11 is 1.72. The van der Waals surface area contributed by atoms with Gasteiger partial charge in [-0.2, -0.15) is 0 Å². The lowest BCUT2D eigenvalue weighted by atomic mass is 10.1. The minimum absolute atomic E-state index is 0.293. The van der Waals surface area contributed by atoms with Crippen LogP contribution in [0.25, 0.3) is 0 Å². The van der Waals surface area contributed by atoms with E-state index in [0.717, 1.165) is 10.9 Å². The second kappa shape index (κ2) is 5.40. The Morgan fingerprint density at radius 3 is 2.44 bits per heavy atom. The van der Waals surface area contributed by atoms with Gasteiger partial charge in [0.2, 0.25) is 0 Å². The number of hydrogen-bond donors (Lipinski definition) is 0. The van der Waals surface area contributed by atoms with Gasteiger partial charge in [0.05, 0.1) is 13.2 Å². The molecular weight excluding hydrogens is 244 g/mol. The number of aromatic nitrogens is 1. The molecule has 0 aliphatic carbocycles. The van der Waals surface area contributed by atoms with Crippen LogP contribution < -0.4 is 9.64 Å². The molecule has 0 radical (unpaired) electrons. The molecule has 1 heterocycles. The molecular formula is C14H18N2OS. The van der Waals surface area contributed by atoms with E-state index >= 15 is 0 Å². The molecule has 1 atom stereocenters. The summed E-state index contributed by atoms with van der Waals surface area (Å²) in [5, 5.41) is 1.05. The predicted molar refractivity (Wildman–Crippen MR) is 76.7 cm³/mol. The van der Waals surface area contributed by atoms with Crippen molar-refractivity contribution in [3.8, 4) is 5.75 Å². The van der Waals surface area contributed by atoms with Crippen LogP contribution in [0, 0.1) is 6.92 Å². The smallest absolute Gasteiger partial charge is 0.185 e. The van der Waals surface area contributed by atoms with Gasteiger partial charge < -0.3 is 9.64 Å². The van der Waals surface area contributed by atoms with Crippen molar-refractivity contribution in [2.45, 2.75) is 19.9 Å². The Labute approximate surface area is 112 Å². The van der Waals surface area contributed by atoms with E-state index in [1.807, 2.05) is 18.3 Å². The largest absolute Gasteiger partial charge is 0.497 e. The first-order valence-corrected chi connectivity index (χ1v) is 6.72. The van der Waals surface area contributed by atoms with Crippen molar-refractivity contribution in [2.24, 2.45) is 0 Å². The molecule has 1 aromatic heterocycles. The third-order valence-corrected chi connectivity index (χ3v) is 4.09. The Kier molecular flexibility index (Phi) is 3.87. The molecule has 0 fully saturated rings. The van der Waals surface area contributed by atoms with Crippen LogP contribution in [0.15, 0.2) is 30.5 Å². The highest BCUT2D eigenvalue weighted by molar-refractivity contribution is 7.15. The van der Waals surface area contributed by atoms with Crippen molar-refractivity contribution < 1.29 is 4.74 Å². The van der Waals surface area contributed by atoms with Crippen molar-refractivity contribution in [3.63, 3.8) is 0 Å². The molecule has 0 N–H and O–H groups in total. The van der Waals surface area contributed by atoms with Crippen LogP contribution in [0.2, 0.25) is 0 Å². The van der Waals surface area contributed by atoms with Crippen molar-refractivity contribution in [1.29, 1.82) is 0 Å². The van der Waals surface area contributed by atoms with Crippen molar-refractivity contribution >= 4 is 16.5 Å². The summed E-state index contributed by atoms with van der Waals surface area (Å²) in [5.74, 6) is 0.888. The zero-order valence-corrected chi connectivity index (χ0v) is 12.0. The summed E-state index contributed by atoms with van der Waals surface area (Å²) in [7, 11) is 3.76. The SMILES string of the molecule is COc1ccc(C(C)N(C)c2ncc(C)s2)cc1. The molecule has 96 valence electrons. The second-order valence-electron chi connectivity index (χ2n) is 4.31. The Balaban J connectivity index is 2.16. The van der Waals surface area contributed by atoms with Gasteiger partial charge in [-0.1, -0.05) is 12.1 Å². The minimum atomic E-state index is 0.293. The monoisotopic (exact) mass is 262 g/mol. The topological polar surface area (TPSA) is 25.4 Å². The van der Waals surface area contributed by atoms with Gasteiger partial charge in [-0.3, -0.25) is 0 Å². The summed E-state index contributed by atoms with van der Waals surface area (Å²) in [6, 6.07) is 8.47. The van der Waals surface area contributed by atoms with E-state index in [4.69, 9.17) is 4.74 Å². The number of ether oxygens (including phenoxy) is 1. The molecule has 0 aliphatic rings. The number of rotatable bonds is 4. The summed E-state index contributed by atoms with van der Waals surface area (Å²) < 4.78 is 5.17. The molecule has 4 heteroatoms. The first-order valence-electron chi connectivity index (χ1n) is 5.91. The number of aryl methyl sites for hydroxylation is 1. The number of nitrogens with zero attached hydrogens (tertiary/aromatic N) is 2.